The van der Waals surface area contributed by atoms with Gasteiger partial charge in [-0.1, -0.05) is 17.2 Å². The molecule has 5 rings (SSSR count). The van der Waals surface area contributed by atoms with Gasteiger partial charge in [0.05, 0.1) is 29.9 Å². The largest absolute Gasteiger partial charge is 0.378 e. The number of aromatic nitrogens is 1. The van der Waals surface area contributed by atoms with Crippen LogP contribution in [0.1, 0.15) is 59.5 Å². The second kappa shape index (κ2) is 11.5. The van der Waals surface area contributed by atoms with E-state index >= 15 is 0 Å². The third-order valence-corrected chi connectivity index (χ3v) is 9.80. The Bertz CT molecular complexity index is 1400. The molecule has 40 heavy (non-hydrogen) atoms. The number of carbonyl (C=O) groups is 3. The molecule has 0 unspecified atom stereocenters. The molecular formula is C31H40N4O4S. The van der Waals surface area contributed by atoms with Crippen molar-refractivity contribution in [3.05, 3.63) is 45.8 Å². The molecule has 0 spiro atoms. The van der Waals surface area contributed by atoms with Crippen molar-refractivity contribution >= 4 is 39.2 Å². The van der Waals surface area contributed by atoms with Crippen LogP contribution in [0.15, 0.2) is 24.3 Å². The number of nitrogens with one attached hydrogen (secondary N) is 1. The van der Waals surface area contributed by atoms with E-state index in [9.17, 15) is 14.4 Å². The number of aromatic amines is 1. The van der Waals surface area contributed by atoms with E-state index in [1.807, 2.05) is 24.8 Å². The third kappa shape index (κ3) is 5.73. The van der Waals surface area contributed by atoms with Crippen molar-refractivity contribution in [1.82, 2.24) is 14.8 Å². The first-order valence-corrected chi connectivity index (χ1v) is 15.0. The molecule has 2 fully saturated rings. The van der Waals surface area contributed by atoms with Crippen LogP contribution in [0, 0.1) is 19.8 Å². The van der Waals surface area contributed by atoms with Gasteiger partial charge >= 0.3 is 0 Å². The molecule has 3 aromatic rings. The number of Topliss-reactive ketones (excluding diaryl/α,β-unsaturated/α-hetero) is 1. The number of piperidine rings is 1. The van der Waals surface area contributed by atoms with E-state index in [0.717, 1.165) is 63.4 Å². The van der Waals surface area contributed by atoms with Gasteiger partial charge in [0.25, 0.3) is 0 Å². The average molecular weight is 565 g/mol. The minimum atomic E-state index is -0.825. The first kappa shape index (κ1) is 28.5. The standard InChI is InChI=1S/C31H40N4O4S/c1-19-15-20(2)17-22(16-19)27-26(23-18-25(40-28(23)33-27)31(3,4)30(32)38)24(36)7-10-34-8-5-21(6-9-34)29(37)35-11-13-39-14-12-35/h15-18,21,33H,5-14H2,1-4H3,(H2,32,38). The summed E-state index contributed by atoms with van der Waals surface area (Å²) in [5, 5.41) is 0.850. The number of amides is 2. The van der Waals surface area contributed by atoms with Gasteiger partial charge in [0, 0.05) is 42.2 Å². The molecule has 9 heteroatoms. The maximum atomic E-state index is 13.9. The van der Waals surface area contributed by atoms with Crippen LogP contribution in [0.2, 0.25) is 0 Å². The number of hydrogen-bond donors (Lipinski definition) is 2. The first-order valence-electron chi connectivity index (χ1n) is 14.2. The Morgan fingerprint density at radius 3 is 2.30 bits per heavy atom. The molecule has 214 valence electrons. The van der Waals surface area contributed by atoms with Crippen LogP contribution in [0.25, 0.3) is 21.5 Å². The van der Waals surface area contributed by atoms with Gasteiger partial charge in [0.1, 0.15) is 4.83 Å². The van der Waals surface area contributed by atoms with Gasteiger partial charge in [-0.3, -0.25) is 14.4 Å². The molecule has 8 nitrogen and oxygen atoms in total. The summed E-state index contributed by atoms with van der Waals surface area (Å²) in [5.41, 5.74) is 9.65. The van der Waals surface area contributed by atoms with Crippen molar-refractivity contribution < 1.29 is 19.1 Å². The zero-order valence-electron chi connectivity index (χ0n) is 24.0. The molecule has 4 heterocycles. The highest BCUT2D eigenvalue weighted by Gasteiger charge is 2.33. The number of ketones is 1. The third-order valence-electron chi connectivity index (χ3n) is 8.43. The van der Waals surface area contributed by atoms with E-state index in [1.165, 1.54) is 11.3 Å². The lowest BCUT2D eigenvalue weighted by atomic mass is 9.90. The van der Waals surface area contributed by atoms with E-state index in [0.29, 0.717) is 44.8 Å². The highest BCUT2D eigenvalue weighted by Crippen LogP contribution is 2.40. The summed E-state index contributed by atoms with van der Waals surface area (Å²) < 4.78 is 5.39. The number of aryl methyl sites for hydroxylation is 2. The number of nitrogens with zero attached hydrogens (tertiary/aromatic N) is 2. The fraction of sp³-hybridized carbons (Fsp3) is 0.516. The van der Waals surface area contributed by atoms with E-state index in [2.05, 4.69) is 41.9 Å². The number of thiophene rings is 1. The lowest BCUT2D eigenvalue weighted by molar-refractivity contribution is -0.141. The summed E-state index contributed by atoms with van der Waals surface area (Å²) in [5.74, 6) is -0.00944. The Morgan fingerprint density at radius 2 is 1.68 bits per heavy atom. The number of hydrogen-bond acceptors (Lipinski definition) is 6. The summed E-state index contributed by atoms with van der Waals surface area (Å²) in [4.78, 5) is 48.4. The summed E-state index contributed by atoms with van der Waals surface area (Å²) in [6, 6.07) is 8.29. The highest BCUT2D eigenvalue weighted by atomic mass is 32.1. The van der Waals surface area contributed by atoms with Gasteiger partial charge in [-0.25, -0.2) is 0 Å². The first-order chi connectivity index (χ1) is 19.0. The maximum absolute atomic E-state index is 13.9. The minimum absolute atomic E-state index is 0.0587. The van der Waals surface area contributed by atoms with E-state index < -0.39 is 11.3 Å². The molecule has 2 aliphatic rings. The molecule has 0 saturated carbocycles. The van der Waals surface area contributed by atoms with Gasteiger partial charge in [0.15, 0.2) is 5.78 Å². The van der Waals surface area contributed by atoms with Crippen molar-refractivity contribution in [3.8, 4) is 11.3 Å². The number of H-pyrrole nitrogens is 1. The molecule has 2 aliphatic heterocycles. The average Bonchev–Trinajstić information content (AvgIpc) is 3.50. The van der Waals surface area contributed by atoms with Crippen LogP contribution in [0.4, 0.5) is 0 Å². The number of benzene rings is 1. The van der Waals surface area contributed by atoms with Gasteiger partial charge < -0.3 is 25.3 Å². The minimum Gasteiger partial charge on any atom is -0.378 e. The molecule has 0 radical (unpaired) electrons. The van der Waals surface area contributed by atoms with E-state index in [4.69, 9.17) is 10.5 Å². The quantitative estimate of drug-likeness (QED) is 0.394. The predicted molar refractivity (Wildman–Crippen MR) is 159 cm³/mol. The van der Waals surface area contributed by atoms with E-state index in [1.54, 1.807) is 0 Å². The normalized spacial score (nSPS) is 17.4. The lowest BCUT2D eigenvalue weighted by Gasteiger charge is -2.35. The number of fused-ring (bicyclic) bond motifs is 1. The summed E-state index contributed by atoms with van der Waals surface area (Å²) in [7, 11) is 0. The number of ether oxygens (including phenoxy) is 1. The van der Waals surface area contributed by atoms with Crippen LogP contribution >= 0.6 is 11.3 Å². The Balaban J connectivity index is 1.34. The Morgan fingerprint density at radius 1 is 1.02 bits per heavy atom. The van der Waals surface area contributed by atoms with Gasteiger partial charge in [0.2, 0.25) is 11.8 Å². The summed E-state index contributed by atoms with van der Waals surface area (Å²) >= 11 is 1.49. The van der Waals surface area contributed by atoms with Crippen molar-refractivity contribution in [2.45, 2.75) is 52.4 Å². The van der Waals surface area contributed by atoms with Gasteiger partial charge in [-0.2, -0.15) is 0 Å². The summed E-state index contributed by atoms with van der Waals surface area (Å²) in [6.45, 7) is 12.6. The van der Waals surface area contributed by atoms with Gasteiger partial charge in [-0.05, 0) is 77.4 Å². The predicted octanol–water partition coefficient (Wildman–Crippen LogP) is 4.42. The number of carbonyl (C=O) groups excluding carboxylic acids is 3. The van der Waals surface area contributed by atoms with Crippen LogP contribution in [-0.4, -0.2) is 78.3 Å². The highest BCUT2D eigenvalue weighted by molar-refractivity contribution is 7.19. The number of nitrogens with two attached hydrogens (primary N) is 1. The number of likely N-dealkylation sites (tertiary alicyclic amines) is 1. The number of primary amides is 1. The molecule has 3 N–H and O–H groups in total. The summed E-state index contributed by atoms with van der Waals surface area (Å²) in [6.07, 6.45) is 2.03. The number of morpholine rings is 1. The zero-order valence-corrected chi connectivity index (χ0v) is 24.8. The van der Waals surface area contributed by atoms with Crippen LogP contribution < -0.4 is 5.73 Å². The molecule has 0 bridgehead atoms. The molecule has 2 amide bonds. The Labute approximate surface area is 239 Å². The molecule has 1 aromatic carbocycles. The van der Waals surface area contributed by atoms with Crippen LogP contribution in [0.3, 0.4) is 0 Å². The Hall–Kier alpha value is -3.01. The fourth-order valence-corrected chi connectivity index (χ4v) is 7.04. The maximum Gasteiger partial charge on any atom is 0.228 e. The second-order valence-electron chi connectivity index (χ2n) is 11.8. The lowest BCUT2D eigenvalue weighted by Crippen LogP contribution is -2.47. The van der Waals surface area contributed by atoms with Crippen molar-refractivity contribution in [1.29, 1.82) is 0 Å². The molecule has 2 saturated heterocycles. The number of rotatable bonds is 8. The molecule has 2 aromatic heterocycles. The second-order valence-corrected chi connectivity index (χ2v) is 12.9. The Kier molecular flexibility index (Phi) is 8.17. The van der Waals surface area contributed by atoms with Crippen molar-refractivity contribution in [2.75, 3.05) is 45.9 Å². The van der Waals surface area contributed by atoms with Crippen molar-refractivity contribution in [2.24, 2.45) is 11.7 Å². The van der Waals surface area contributed by atoms with E-state index in [-0.39, 0.29) is 17.6 Å². The SMILES string of the molecule is Cc1cc(C)cc(-c2[nH]c3sc(C(C)(C)C(N)=O)cc3c2C(=O)CCN2CCC(C(=O)N3CCOCC3)CC2)c1. The van der Waals surface area contributed by atoms with Crippen LogP contribution in [0.5, 0.6) is 0 Å². The van der Waals surface area contributed by atoms with Crippen molar-refractivity contribution in [3.63, 3.8) is 0 Å². The monoisotopic (exact) mass is 564 g/mol. The fourth-order valence-electron chi connectivity index (χ4n) is 5.86. The topological polar surface area (TPSA) is 109 Å². The van der Waals surface area contributed by atoms with Crippen LogP contribution in [-0.2, 0) is 19.7 Å². The molecule has 0 atom stereocenters. The molecule has 0 aliphatic carbocycles. The van der Waals surface area contributed by atoms with Gasteiger partial charge in [-0.15, -0.1) is 11.3 Å². The smallest absolute Gasteiger partial charge is 0.228 e. The zero-order chi connectivity index (χ0) is 28.6. The molecular weight excluding hydrogens is 524 g/mol.